The predicted octanol–water partition coefficient (Wildman–Crippen LogP) is 7.45. The van der Waals surface area contributed by atoms with Crippen LogP contribution in [0.5, 0.6) is 0 Å². The van der Waals surface area contributed by atoms with Crippen molar-refractivity contribution in [2.45, 2.75) is 105 Å². The molecule has 0 spiro atoms. The lowest BCUT2D eigenvalue weighted by Gasteiger charge is -2.54. The molecule has 0 aromatic carbocycles. The summed E-state index contributed by atoms with van der Waals surface area (Å²) in [5.41, 5.74) is 3.85. The van der Waals surface area contributed by atoms with E-state index in [1.54, 1.807) is 5.57 Å². The van der Waals surface area contributed by atoms with Crippen molar-refractivity contribution in [2.24, 2.45) is 22.7 Å². The summed E-state index contributed by atoms with van der Waals surface area (Å²) in [4.78, 5) is 0. The Labute approximate surface area is 174 Å². The summed E-state index contributed by atoms with van der Waals surface area (Å²) >= 11 is 0. The molecule has 0 bridgehead atoms. The molecule has 1 aliphatic heterocycles. The first-order valence-electron chi connectivity index (χ1n) is 11.9. The van der Waals surface area contributed by atoms with Gasteiger partial charge in [-0.05, 0) is 100 Å². The lowest BCUT2D eigenvalue weighted by atomic mass is 9.51. The number of ether oxygens (including phenoxy) is 2. The van der Waals surface area contributed by atoms with Crippen LogP contribution < -0.4 is 0 Å². The number of rotatable bonds is 8. The molecule has 5 atom stereocenters. The van der Waals surface area contributed by atoms with Gasteiger partial charge in [0.15, 0.2) is 6.29 Å². The topological polar surface area (TPSA) is 18.5 Å². The lowest BCUT2D eigenvalue weighted by Crippen LogP contribution is -2.44. The van der Waals surface area contributed by atoms with Crippen LogP contribution in [0.3, 0.4) is 0 Å². The normalized spacial score (nSPS) is 38.6. The molecule has 1 saturated heterocycles. The molecule has 2 nitrogen and oxygen atoms in total. The number of allylic oxidation sites excluding steroid dienone is 3. The van der Waals surface area contributed by atoms with Crippen LogP contribution in [0.25, 0.3) is 0 Å². The van der Waals surface area contributed by atoms with Crippen LogP contribution in [0.2, 0.25) is 0 Å². The fourth-order valence-electron chi connectivity index (χ4n) is 6.13. The van der Waals surface area contributed by atoms with E-state index in [-0.39, 0.29) is 11.7 Å². The number of hydrogen-bond donors (Lipinski definition) is 0. The second kappa shape index (κ2) is 9.47. The van der Waals surface area contributed by atoms with E-state index >= 15 is 0 Å². The molecule has 160 valence electrons. The van der Waals surface area contributed by atoms with E-state index in [4.69, 9.17) is 9.47 Å². The van der Waals surface area contributed by atoms with Gasteiger partial charge in [0.05, 0.1) is 6.61 Å². The van der Waals surface area contributed by atoms with E-state index in [1.807, 2.05) is 0 Å². The van der Waals surface area contributed by atoms with Crippen LogP contribution in [0.15, 0.2) is 23.8 Å². The van der Waals surface area contributed by atoms with Gasteiger partial charge in [-0.1, -0.05) is 38.0 Å². The van der Waals surface area contributed by atoms with Gasteiger partial charge >= 0.3 is 0 Å². The Morgan fingerprint density at radius 1 is 1.21 bits per heavy atom. The molecule has 1 heterocycles. The van der Waals surface area contributed by atoms with Gasteiger partial charge in [-0.2, -0.15) is 0 Å². The summed E-state index contributed by atoms with van der Waals surface area (Å²) in [6, 6.07) is 0. The maximum Gasteiger partial charge on any atom is 0.157 e. The van der Waals surface area contributed by atoms with Gasteiger partial charge in [-0.25, -0.2) is 0 Å². The van der Waals surface area contributed by atoms with E-state index < -0.39 is 0 Å². The molecule has 3 rings (SSSR count). The summed E-state index contributed by atoms with van der Waals surface area (Å²) in [7, 11) is 0. The third-order valence-corrected chi connectivity index (χ3v) is 8.35. The SMILES string of the molecule is C=C(C)CCC[C@]1(C)CCC=C2[C@H]1CC[C@@H](C)[C@@]2(C)CCOC1CCCCO1. The average molecular weight is 389 g/mol. The third-order valence-electron chi connectivity index (χ3n) is 8.35. The van der Waals surface area contributed by atoms with Crippen LogP contribution in [-0.2, 0) is 9.47 Å². The van der Waals surface area contributed by atoms with E-state index in [2.05, 4.69) is 40.3 Å². The first-order valence-corrected chi connectivity index (χ1v) is 11.9. The van der Waals surface area contributed by atoms with Gasteiger partial charge in [-0.15, -0.1) is 6.58 Å². The Bertz CT molecular complexity index is 559. The molecule has 2 heteroatoms. The van der Waals surface area contributed by atoms with Crippen LogP contribution in [0.1, 0.15) is 98.3 Å². The molecule has 2 aliphatic carbocycles. The average Bonchev–Trinajstić information content (AvgIpc) is 2.66. The van der Waals surface area contributed by atoms with Crippen molar-refractivity contribution in [1.29, 1.82) is 0 Å². The maximum absolute atomic E-state index is 6.16. The van der Waals surface area contributed by atoms with Crippen molar-refractivity contribution < 1.29 is 9.47 Å². The minimum atomic E-state index is 0.0415. The van der Waals surface area contributed by atoms with Crippen molar-refractivity contribution in [3.05, 3.63) is 23.8 Å². The Hall–Kier alpha value is -0.600. The Morgan fingerprint density at radius 3 is 2.75 bits per heavy atom. The highest BCUT2D eigenvalue weighted by Crippen LogP contribution is 2.59. The molecule has 3 aliphatic rings. The van der Waals surface area contributed by atoms with Gasteiger partial charge in [0.1, 0.15) is 0 Å². The van der Waals surface area contributed by atoms with Gasteiger partial charge in [0.25, 0.3) is 0 Å². The third kappa shape index (κ3) is 4.93. The van der Waals surface area contributed by atoms with Gasteiger partial charge in [0.2, 0.25) is 0 Å². The predicted molar refractivity (Wildman–Crippen MR) is 118 cm³/mol. The standard InChI is InChI=1S/C26H44O2/c1-20(2)10-8-15-25(4)16-9-11-23-22(25)14-13-21(3)26(23,5)17-19-28-24-12-6-7-18-27-24/h11,21-22,24H,1,6-10,12-19H2,2-5H3/t21-,22-,24?,25-,26-/m1/s1. The molecular formula is C26H44O2. The fraction of sp³-hybridized carbons (Fsp3) is 0.846. The molecule has 28 heavy (non-hydrogen) atoms. The Kier molecular flexibility index (Phi) is 7.48. The second-order valence-corrected chi connectivity index (χ2v) is 10.5. The zero-order valence-electron chi connectivity index (χ0n) is 19.0. The van der Waals surface area contributed by atoms with Gasteiger partial charge in [-0.3, -0.25) is 0 Å². The largest absolute Gasteiger partial charge is 0.353 e. The highest BCUT2D eigenvalue weighted by Gasteiger charge is 2.49. The van der Waals surface area contributed by atoms with Crippen LogP contribution in [0, 0.1) is 22.7 Å². The highest BCUT2D eigenvalue weighted by atomic mass is 16.7. The molecular weight excluding hydrogens is 344 g/mol. The number of hydrogen-bond acceptors (Lipinski definition) is 2. The van der Waals surface area contributed by atoms with E-state index in [0.717, 1.165) is 37.9 Å². The smallest absolute Gasteiger partial charge is 0.157 e. The minimum Gasteiger partial charge on any atom is -0.353 e. The monoisotopic (exact) mass is 388 g/mol. The van der Waals surface area contributed by atoms with Gasteiger partial charge in [0, 0.05) is 6.61 Å². The Balaban J connectivity index is 1.65. The molecule has 0 amide bonds. The van der Waals surface area contributed by atoms with Crippen LogP contribution in [-0.4, -0.2) is 19.5 Å². The van der Waals surface area contributed by atoms with Crippen molar-refractivity contribution in [3.63, 3.8) is 0 Å². The zero-order chi connectivity index (χ0) is 20.2. The highest BCUT2D eigenvalue weighted by molar-refractivity contribution is 5.26. The molecule has 0 aromatic heterocycles. The summed E-state index contributed by atoms with van der Waals surface area (Å²) in [5.74, 6) is 1.50. The van der Waals surface area contributed by atoms with Gasteiger partial charge < -0.3 is 9.47 Å². The van der Waals surface area contributed by atoms with E-state index in [1.165, 1.54) is 63.4 Å². The maximum atomic E-state index is 6.16. The fourth-order valence-corrected chi connectivity index (χ4v) is 6.13. The first-order chi connectivity index (χ1) is 13.3. The molecule has 2 fully saturated rings. The van der Waals surface area contributed by atoms with E-state index in [9.17, 15) is 0 Å². The van der Waals surface area contributed by atoms with Crippen molar-refractivity contribution in [1.82, 2.24) is 0 Å². The van der Waals surface area contributed by atoms with Crippen molar-refractivity contribution in [3.8, 4) is 0 Å². The molecule has 0 N–H and O–H groups in total. The molecule has 0 radical (unpaired) electrons. The quantitative estimate of drug-likeness (QED) is 0.402. The molecule has 1 unspecified atom stereocenters. The lowest BCUT2D eigenvalue weighted by molar-refractivity contribution is -0.166. The second-order valence-electron chi connectivity index (χ2n) is 10.5. The first kappa shape index (κ1) is 22.1. The van der Waals surface area contributed by atoms with Crippen LogP contribution in [0.4, 0.5) is 0 Å². The van der Waals surface area contributed by atoms with E-state index in [0.29, 0.717) is 5.41 Å². The number of fused-ring (bicyclic) bond motifs is 1. The summed E-state index contributed by atoms with van der Waals surface area (Å²) in [6.07, 6.45) is 16.5. The zero-order valence-corrected chi connectivity index (χ0v) is 19.0. The Morgan fingerprint density at radius 2 is 2.04 bits per heavy atom. The molecule has 1 saturated carbocycles. The molecule has 0 aromatic rings. The summed E-state index contributed by atoms with van der Waals surface area (Å²) in [5, 5.41) is 0. The summed E-state index contributed by atoms with van der Waals surface area (Å²) in [6.45, 7) is 15.6. The van der Waals surface area contributed by atoms with Crippen molar-refractivity contribution in [2.75, 3.05) is 13.2 Å². The minimum absolute atomic E-state index is 0.0415. The summed E-state index contributed by atoms with van der Waals surface area (Å²) < 4.78 is 11.9. The van der Waals surface area contributed by atoms with Crippen LogP contribution >= 0.6 is 0 Å². The van der Waals surface area contributed by atoms with Crippen molar-refractivity contribution >= 4 is 0 Å².